The average Bonchev–Trinajstić information content (AvgIpc) is 2.40. The molecule has 1 aromatic carbocycles. The minimum atomic E-state index is -0.698. The predicted octanol–water partition coefficient (Wildman–Crippen LogP) is 1.80. The van der Waals surface area contributed by atoms with Crippen LogP contribution in [0.15, 0.2) is 24.3 Å². The molecule has 4 nitrogen and oxygen atoms in total. The van der Waals surface area contributed by atoms with Crippen molar-refractivity contribution in [3.8, 4) is 0 Å². The van der Waals surface area contributed by atoms with E-state index in [4.69, 9.17) is 5.11 Å². The van der Waals surface area contributed by atoms with Crippen molar-refractivity contribution in [3.05, 3.63) is 35.4 Å². The first-order valence-electron chi connectivity index (χ1n) is 6.18. The number of carbonyl (C=O) groups is 2. The van der Waals surface area contributed by atoms with Crippen molar-refractivity contribution in [2.24, 2.45) is 5.92 Å². The number of hydrogen-bond acceptors (Lipinski definition) is 3. The van der Waals surface area contributed by atoms with E-state index in [9.17, 15) is 9.59 Å². The van der Waals surface area contributed by atoms with Gasteiger partial charge in [0, 0.05) is 18.7 Å². The summed E-state index contributed by atoms with van der Waals surface area (Å²) >= 11 is 0. The Labute approximate surface area is 106 Å². The van der Waals surface area contributed by atoms with Crippen LogP contribution in [-0.2, 0) is 11.3 Å². The fraction of sp³-hybridized carbons (Fsp3) is 0.429. The van der Waals surface area contributed by atoms with Gasteiger partial charge in [0.15, 0.2) is 0 Å². The molecule has 1 fully saturated rings. The molecule has 2 rings (SSSR count). The fourth-order valence-corrected chi connectivity index (χ4v) is 2.36. The first kappa shape index (κ1) is 12.8. The zero-order valence-corrected chi connectivity index (χ0v) is 10.2. The molecule has 0 saturated carbocycles. The van der Waals surface area contributed by atoms with Gasteiger partial charge < -0.3 is 5.11 Å². The lowest BCUT2D eigenvalue weighted by molar-refractivity contribution is -0.143. The third-order valence-electron chi connectivity index (χ3n) is 3.38. The topological polar surface area (TPSA) is 57.6 Å². The number of piperidine rings is 1. The molecule has 0 amide bonds. The van der Waals surface area contributed by atoms with Gasteiger partial charge in [-0.1, -0.05) is 24.3 Å². The van der Waals surface area contributed by atoms with Crippen molar-refractivity contribution >= 4 is 12.3 Å². The van der Waals surface area contributed by atoms with E-state index in [2.05, 4.69) is 4.90 Å². The number of carboxylic acids is 1. The standard InChI is InChI=1S/C14H17NO3/c16-10-12-5-3-11(4-6-12)8-15-7-1-2-13(9-15)14(17)18/h3-6,10,13H,1-2,7-9H2,(H,17,18). The summed E-state index contributed by atoms with van der Waals surface area (Å²) in [6, 6.07) is 7.43. The Hall–Kier alpha value is -1.68. The molecule has 1 saturated heterocycles. The lowest BCUT2D eigenvalue weighted by Gasteiger charge is -2.30. The Morgan fingerprint density at radius 3 is 2.72 bits per heavy atom. The van der Waals surface area contributed by atoms with Crippen molar-refractivity contribution < 1.29 is 14.7 Å². The highest BCUT2D eigenvalue weighted by Gasteiger charge is 2.25. The third kappa shape index (κ3) is 3.17. The van der Waals surface area contributed by atoms with Crippen molar-refractivity contribution in [2.45, 2.75) is 19.4 Å². The number of benzene rings is 1. The number of aliphatic carboxylic acids is 1. The summed E-state index contributed by atoms with van der Waals surface area (Å²) in [4.78, 5) is 23.7. The second-order valence-corrected chi connectivity index (χ2v) is 4.77. The Morgan fingerprint density at radius 2 is 2.11 bits per heavy atom. The predicted molar refractivity (Wildman–Crippen MR) is 67.5 cm³/mol. The van der Waals surface area contributed by atoms with E-state index in [1.807, 2.05) is 12.1 Å². The summed E-state index contributed by atoms with van der Waals surface area (Å²) in [6.45, 7) is 2.31. The number of aldehydes is 1. The number of hydrogen-bond donors (Lipinski definition) is 1. The SMILES string of the molecule is O=Cc1ccc(CN2CCCC(C(=O)O)C2)cc1. The molecule has 1 aromatic rings. The summed E-state index contributed by atoms with van der Waals surface area (Å²) < 4.78 is 0. The van der Waals surface area contributed by atoms with E-state index < -0.39 is 5.97 Å². The molecule has 1 N–H and O–H groups in total. The van der Waals surface area contributed by atoms with Gasteiger partial charge in [-0.3, -0.25) is 14.5 Å². The summed E-state index contributed by atoms with van der Waals surface area (Å²) in [5, 5.41) is 9.02. The summed E-state index contributed by atoms with van der Waals surface area (Å²) in [7, 11) is 0. The van der Waals surface area contributed by atoms with Gasteiger partial charge in [0.25, 0.3) is 0 Å². The van der Waals surface area contributed by atoms with Crippen molar-refractivity contribution in [1.82, 2.24) is 4.90 Å². The van der Waals surface area contributed by atoms with Crippen LogP contribution < -0.4 is 0 Å². The lowest BCUT2D eigenvalue weighted by Crippen LogP contribution is -2.38. The zero-order chi connectivity index (χ0) is 13.0. The number of carboxylic acid groups (broad SMARTS) is 1. The van der Waals surface area contributed by atoms with E-state index in [-0.39, 0.29) is 5.92 Å². The summed E-state index contributed by atoms with van der Waals surface area (Å²) in [6.07, 6.45) is 2.53. The molecule has 1 heterocycles. The maximum atomic E-state index is 11.0. The van der Waals surface area contributed by atoms with Crippen LogP contribution in [0.25, 0.3) is 0 Å². The first-order valence-corrected chi connectivity index (χ1v) is 6.18. The lowest BCUT2D eigenvalue weighted by atomic mass is 9.98. The maximum absolute atomic E-state index is 11.0. The van der Waals surface area contributed by atoms with Crippen LogP contribution >= 0.6 is 0 Å². The molecule has 1 aliphatic rings. The fourth-order valence-electron chi connectivity index (χ4n) is 2.36. The molecule has 1 aliphatic heterocycles. The Morgan fingerprint density at radius 1 is 1.39 bits per heavy atom. The van der Waals surface area contributed by atoms with E-state index in [1.165, 1.54) is 0 Å². The minimum Gasteiger partial charge on any atom is -0.481 e. The van der Waals surface area contributed by atoms with Crippen LogP contribution in [0.1, 0.15) is 28.8 Å². The minimum absolute atomic E-state index is 0.243. The number of carbonyl (C=O) groups excluding carboxylic acids is 1. The van der Waals surface area contributed by atoms with Crippen LogP contribution in [0.2, 0.25) is 0 Å². The monoisotopic (exact) mass is 247 g/mol. The van der Waals surface area contributed by atoms with Gasteiger partial charge in [0.2, 0.25) is 0 Å². The van der Waals surface area contributed by atoms with E-state index in [0.717, 1.165) is 37.8 Å². The number of nitrogens with zero attached hydrogens (tertiary/aromatic N) is 1. The highest BCUT2D eigenvalue weighted by Crippen LogP contribution is 2.18. The van der Waals surface area contributed by atoms with Crippen molar-refractivity contribution in [2.75, 3.05) is 13.1 Å². The molecule has 1 unspecified atom stereocenters. The van der Waals surface area contributed by atoms with Crippen LogP contribution in [0.4, 0.5) is 0 Å². The molecule has 0 spiro atoms. The summed E-state index contributed by atoms with van der Waals surface area (Å²) in [5.74, 6) is -0.941. The zero-order valence-electron chi connectivity index (χ0n) is 10.2. The van der Waals surface area contributed by atoms with Crippen molar-refractivity contribution in [3.63, 3.8) is 0 Å². The third-order valence-corrected chi connectivity index (χ3v) is 3.38. The molecule has 0 aliphatic carbocycles. The van der Waals surface area contributed by atoms with E-state index >= 15 is 0 Å². The Balaban J connectivity index is 1.95. The van der Waals surface area contributed by atoms with Gasteiger partial charge in [-0.2, -0.15) is 0 Å². The molecule has 0 bridgehead atoms. The highest BCUT2D eigenvalue weighted by molar-refractivity contribution is 5.74. The summed E-state index contributed by atoms with van der Waals surface area (Å²) in [5.41, 5.74) is 1.78. The molecule has 96 valence electrons. The van der Waals surface area contributed by atoms with Gasteiger partial charge in [0.1, 0.15) is 6.29 Å². The molecule has 1 atom stereocenters. The van der Waals surface area contributed by atoms with Crippen LogP contribution in [0.5, 0.6) is 0 Å². The quantitative estimate of drug-likeness (QED) is 0.824. The molecule has 0 aromatic heterocycles. The normalized spacial score (nSPS) is 20.6. The van der Waals surface area contributed by atoms with Gasteiger partial charge in [-0.25, -0.2) is 0 Å². The van der Waals surface area contributed by atoms with Gasteiger partial charge in [-0.05, 0) is 24.9 Å². The number of likely N-dealkylation sites (tertiary alicyclic amines) is 1. The van der Waals surface area contributed by atoms with Crippen LogP contribution in [-0.4, -0.2) is 35.4 Å². The van der Waals surface area contributed by atoms with Crippen molar-refractivity contribution in [1.29, 1.82) is 0 Å². The Bertz CT molecular complexity index is 427. The van der Waals surface area contributed by atoms with Gasteiger partial charge in [-0.15, -0.1) is 0 Å². The second-order valence-electron chi connectivity index (χ2n) is 4.77. The van der Waals surface area contributed by atoms with E-state index in [1.54, 1.807) is 12.1 Å². The molecular formula is C14H17NO3. The largest absolute Gasteiger partial charge is 0.481 e. The second kappa shape index (κ2) is 5.78. The number of rotatable bonds is 4. The molecular weight excluding hydrogens is 230 g/mol. The van der Waals surface area contributed by atoms with E-state index in [0.29, 0.717) is 12.1 Å². The van der Waals surface area contributed by atoms with Gasteiger partial charge >= 0.3 is 5.97 Å². The highest BCUT2D eigenvalue weighted by atomic mass is 16.4. The van der Waals surface area contributed by atoms with Gasteiger partial charge in [0.05, 0.1) is 5.92 Å². The average molecular weight is 247 g/mol. The maximum Gasteiger partial charge on any atom is 0.307 e. The molecule has 18 heavy (non-hydrogen) atoms. The molecule has 0 radical (unpaired) electrons. The van der Waals surface area contributed by atoms with Crippen LogP contribution in [0.3, 0.4) is 0 Å². The Kier molecular flexibility index (Phi) is 4.10. The van der Waals surface area contributed by atoms with Crippen LogP contribution in [0, 0.1) is 5.92 Å². The molecule has 4 heteroatoms. The first-order chi connectivity index (χ1) is 8.69. The smallest absolute Gasteiger partial charge is 0.307 e.